The van der Waals surface area contributed by atoms with Gasteiger partial charge in [-0.15, -0.1) is 0 Å². The quantitative estimate of drug-likeness (QED) is 0.724. The second-order valence-electron chi connectivity index (χ2n) is 5.94. The molecule has 0 saturated carbocycles. The highest BCUT2D eigenvalue weighted by Crippen LogP contribution is 2.21. The summed E-state index contributed by atoms with van der Waals surface area (Å²) in [7, 11) is 0. The van der Waals surface area contributed by atoms with Crippen LogP contribution in [0.3, 0.4) is 0 Å². The van der Waals surface area contributed by atoms with Crippen molar-refractivity contribution in [2.45, 2.75) is 59.6 Å². The SMILES string of the molecule is CCCNC(c1cccc(CC(C)C)c1)C(C)OCC. The molecule has 0 aliphatic carbocycles. The van der Waals surface area contributed by atoms with Gasteiger partial charge in [0.25, 0.3) is 0 Å². The third kappa shape index (κ3) is 5.64. The molecular weight excluding hydrogens is 246 g/mol. The molecule has 0 amide bonds. The summed E-state index contributed by atoms with van der Waals surface area (Å²) in [5, 5.41) is 3.63. The van der Waals surface area contributed by atoms with Gasteiger partial charge in [0.15, 0.2) is 0 Å². The summed E-state index contributed by atoms with van der Waals surface area (Å²) >= 11 is 0. The minimum Gasteiger partial charge on any atom is -0.377 e. The average molecular weight is 277 g/mol. The zero-order chi connectivity index (χ0) is 15.0. The van der Waals surface area contributed by atoms with Gasteiger partial charge < -0.3 is 10.1 Å². The Hall–Kier alpha value is -0.860. The predicted octanol–water partition coefficient (Wildman–Crippen LogP) is 4.35. The number of nitrogens with one attached hydrogen (secondary N) is 1. The van der Waals surface area contributed by atoms with E-state index in [-0.39, 0.29) is 12.1 Å². The Bertz CT molecular complexity index is 375. The van der Waals surface area contributed by atoms with Crippen molar-refractivity contribution in [2.75, 3.05) is 13.2 Å². The van der Waals surface area contributed by atoms with Gasteiger partial charge >= 0.3 is 0 Å². The maximum absolute atomic E-state index is 5.81. The fourth-order valence-electron chi connectivity index (χ4n) is 2.60. The number of hydrogen-bond donors (Lipinski definition) is 1. The number of ether oxygens (including phenoxy) is 1. The minimum absolute atomic E-state index is 0.195. The van der Waals surface area contributed by atoms with Crippen LogP contribution in [0.15, 0.2) is 24.3 Å². The molecule has 0 bridgehead atoms. The second kappa shape index (κ2) is 9.15. The molecule has 1 N–H and O–H groups in total. The van der Waals surface area contributed by atoms with Gasteiger partial charge in [0, 0.05) is 6.61 Å². The van der Waals surface area contributed by atoms with Crippen molar-refractivity contribution in [3.05, 3.63) is 35.4 Å². The van der Waals surface area contributed by atoms with Crippen molar-refractivity contribution >= 4 is 0 Å². The van der Waals surface area contributed by atoms with Crippen LogP contribution in [0.5, 0.6) is 0 Å². The van der Waals surface area contributed by atoms with Gasteiger partial charge in [0.1, 0.15) is 0 Å². The molecule has 2 nitrogen and oxygen atoms in total. The molecule has 0 radical (unpaired) electrons. The first kappa shape index (κ1) is 17.2. The van der Waals surface area contributed by atoms with E-state index in [2.05, 4.69) is 64.2 Å². The third-order valence-corrected chi connectivity index (χ3v) is 3.47. The van der Waals surface area contributed by atoms with Crippen LogP contribution in [0.2, 0.25) is 0 Å². The van der Waals surface area contributed by atoms with Crippen LogP contribution in [0.4, 0.5) is 0 Å². The normalized spacial score (nSPS) is 14.5. The molecule has 1 aromatic carbocycles. The molecule has 114 valence electrons. The molecule has 0 fully saturated rings. The molecule has 2 atom stereocenters. The van der Waals surface area contributed by atoms with E-state index in [0.717, 1.165) is 26.0 Å². The Kier molecular flexibility index (Phi) is 7.86. The average Bonchev–Trinajstić information content (AvgIpc) is 2.39. The number of hydrogen-bond acceptors (Lipinski definition) is 2. The van der Waals surface area contributed by atoms with Gasteiger partial charge in [-0.1, -0.05) is 45.0 Å². The van der Waals surface area contributed by atoms with Crippen molar-refractivity contribution in [3.8, 4) is 0 Å². The lowest BCUT2D eigenvalue weighted by Crippen LogP contribution is -2.32. The van der Waals surface area contributed by atoms with Crippen LogP contribution in [-0.2, 0) is 11.2 Å². The molecule has 0 aromatic heterocycles. The summed E-state index contributed by atoms with van der Waals surface area (Å²) in [6, 6.07) is 9.23. The fourth-order valence-corrected chi connectivity index (χ4v) is 2.60. The van der Waals surface area contributed by atoms with Crippen LogP contribution in [0, 0.1) is 5.92 Å². The molecule has 0 saturated heterocycles. The Morgan fingerprint density at radius 1 is 1.15 bits per heavy atom. The van der Waals surface area contributed by atoms with Crippen LogP contribution in [0.25, 0.3) is 0 Å². The van der Waals surface area contributed by atoms with E-state index in [1.165, 1.54) is 11.1 Å². The summed E-state index contributed by atoms with van der Waals surface area (Å²) in [5.74, 6) is 0.691. The summed E-state index contributed by atoms with van der Waals surface area (Å²) < 4.78 is 5.81. The number of rotatable bonds is 9. The Morgan fingerprint density at radius 2 is 1.90 bits per heavy atom. The maximum atomic E-state index is 5.81. The molecule has 20 heavy (non-hydrogen) atoms. The largest absolute Gasteiger partial charge is 0.377 e. The van der Waals surface area contributed by atoms with Gasteiger partial charge in [-0.3, -0.25) is 0 Å². The second-order valence-corrected chi connectivity index (χ2v) is 5.94. The van der Waals surface area contributed by atoms with Gasteiger partial charge in [0.05, 0.1) is 12.1 Å². The van der Waals surface area contributed by atoms with Crippen molar-refractivity contribution in [2.24, 2.45) is 5.92 Å². The van der Waals surface area contributed by atoms with Gasteiger partial charge in [-0.05, 0) is 50.3 Å². The minimum atomic E-state index is 0.195. The Morgan fingerprint density at radius 3 is 2.50 bits per heavy atom. The zero-order valence-electron chi connectivity index (χ0n) is 13.8. The molecular formula is C18H31NO. The van der Waals surface area contributed by atoms with E-state index in [0.29, 0.717) is 5.92 Å². The summed E-state index contributed by atoms with van der Waals surface area (Å²) in [4.78, 5) is 0. The Balaban J connectivity index is 2.88. The molecule has 0 heterocycles. The van der Waals surface area contributed by atoms with Gasteiger partial charge in [-0.2, -0.15) is 0 Å². The lowest BCUT2D eigenvalue weighted by molar-refractivity contribution is 0.0472. The van der Waals surface area contributed by atoms with E-state index in [9.17, 15) is 0 Å². The molecule has 1 aromatic rings. The summed E-state index contributed by atoms with van der Waals surface area (Å²) in [6.07, 6.45) is 2.47. The van der Waals surface area contributed by atoms with Crippen LogP contribution >= 0.6 is 0 Å². The molecule has 2 heteroatoms. The molecule has 0 aliphatic rings. The lowest BCUT2D eigenvalue weighted by Gasteiger charge is -2.26. The Labute approximate surface area is 124 Å². The van der Waals surface area contributed by atoms with E-state index in [4.69, 9.17) is 4.74 Å². The first-order chi connectivity index (χ1) is 9.58. The summed E-state index contributed by atoms with van der Waals surface area (Å²) in [6.45, 7) is 12.7. The standard InChI is InChI=1S/C18H31NO/c1-6-11-19-18(15(5)20-7-2)17-10-8-9-16(13-17)12-14(3)4/h8-10,13-15,18-19H,6-7,11-12H2,1-5H3. The van der Waals surface area contributed by atoms with Crippen LogP contribution < -0.4 is 5.32 Å². The fraction of sp³-hybridized carbons (Fsp3) is 0.667. The van der Waals surface area contributed by atoms with Gasteiger partial charge in [-0.25, -0.2) is 0 Å². The highest BCUT2D eigenvalue weighted by Gasteiger charge is 2.19. The highest BCUT2D eigenvalue weighted by molar-refractivity contribution is 5.27. The maximum Gasteiger partial charge on any atom is 0.0741 e. The molecule has 0 spiro atoms. The van der Waals surface area contributed by atoms with Crippen molar-refractivity contribution < 1.29 is 4.74 Å². The predicted molar refractivity (Wildman–Crippen MR) is 87.1 cm³/mol. The summed E-state index contributed by atoms with van der Waals surface area (Å²) in [5.41, 5.74) is 2.77. The first-order valence-corrected chi connectivity index (χ1v) is 8.02. The van der Waals surface area contributed by atoms with Crippen LogP contribution in [0.1, 0.15) is 58.2 Å². The molecule has 0 aliphatic heterocycles. The first-order valence-electron chi connectivity index (χ1n) is 8.02. The molecule has 1 rings (SSSR count). The van der Waals surface area contributed by atoms with Crippen molar-refractivity contribution in [3.63, 3.8) is 0 Å². The third-order valence-electron chi connectivity index (χ3n) is 3.47. The van der Waals surface area contributed by atoms with E-state index in [1.54, 1.807) is 0 Å². The van der Waals surface area contributed by atoms with Crippen molar-refractivity contribution in [1.29, 1.82) is 0 Å². The van der Waals surface area contributed by atoms with Gasteiger partial charge in [0.2, 0.25) is 0 Å². The van der Waals surface area contributed by atoms with E-state index in [1.807, 2.05) is 0 Å². The zero-order valence-corrected chi connectivity index (χ0v) is 13.8. The van der Waals surface area contributed by atoms with Crippen molar-refractivity contribution in [1.82, 2.24) is 5.32 Å². The molecule has 2 unspecified atom stereocenters. The smallest absolute Gasteiger partial charge is 0.0741 e. The monoisotopic (exact) mass is 277 g/mol. The topological polar surface area (TPSA) is 21.3 Å². The van der Waals surface area contributed by atoms with E-state index >= 15 is 0 Å². The lowest BCUT2D eigenvalue weighted by atomic mass is 9.96. The highest BCUT2D eigenvalue weighted by atomic mass is 16.5. The van der Waals surface area contributed by atoms with E-state index < -0.39 is 0 Å². The van der Waals surface area contributed by atoms with Crippen LogP contribution in [-0.4, -0.2) is 19.3 Å². The number of benzene rings is 1.